The summed E-state index contributed by atoms with van der Waals surface area (Å²) >= 11 is 0. The number of ether oxygens (including phenoxy) is 1. The first-order valence-corrected chi connectivity index (χ1v) is 6.44. The molecule has 0 saturated heterocycles. The molecule has 1 aromatic heterocycles. The highest BCUT2D eigenvalue weighted by Crippen LogP contribution is 2.16. The van der Waals surface area contributed by atoms with Crippen molar-refractivity contribution in [3.8, 4) is 0 Å². The summed E-state index contributed by atoms with van der Waals surface area (Å²) < 4.78 is 5.15. The summed E-state index contributed by atoms with van der Waals surface area (Å²) in [7, 11) is 1.71. The SMILES string of the molecule is CCc1nc(N)cc(N(CCOC)CC(C)C)n1. The molecule has 0 fully saturated rings. The van der Waals surface area contributed by atoms with Crippen molar-refractivity contribution in [2.45, 2.75) is 27.2 Å². The molecule has 0 aliphatic rings. The Bertz CT molecular complexity index is 368. The monoisotopic (exact) mass is 252 g/mol. The minimum atomic E-state index is 0.531. The van der Waals surface area contributed by atoms with Gasteiger partial charge in [-0.1, -0.05) is 20.8 Å². The van der Waals surface area contributed by atoms with E-state index in [1.807, 2.05) is 13.0 Å². The lowest BCUT2D eigenvalue weighted by atomic mass is 10.2. The molecule has 1 heterocycles. The molecule has 2 N–H and O–H groups in total. The molecule has 0 radical (unpaired) electrons. The third kappa shape index (κ3) is 4.49. The Kier molecular flexibility index (Phi) is 5.85. The molecule has 0 bridgehead atoms. The van der Waals surface area contributed by atoms with E-state index in [1.165, 1.54) is 0 Å². The van der Waals surface area contributed by atoms with Gasteiger partial charge in [0.15, 0.2) is 0 Å². The van der Waals surface area contributed by atoms with Crippen LogP contribution in [0.15, 0.2) is 6.07 Å². The Morgan fingerprint density at radius 1 is 1.39 bits per heavy atom. The topological polar surface area (TPSA) is 64.3 Å². The molecule has 0 spiro atoms. The van der Waals surface area contributed by atoms with E-state index in [0.29, 0.717) is 18.3 Å². The predicted octanol–water partition coefficient (Wildman–Crippen LogP) is 1.73. The Labute approximate surface area is 109 Å². The number of rotatable bonds is 7. The van der Waals surface area contributed by atoms with E-state index in [1.54, 1.807) is 7.11 Å². The molecule has 5 nitrogen and oxygen atoms in total. The third-order valence-corrected chi connectivity index (χ3v) is 2.57. The highest BCUT2D eigenvalue weighted by Gasteiger charge is 2.12. The highest BCUT2D eigenvalue weighted by atomic mass is 16.5. The zero-order valence-electron chi connectivity index (χ0n) is 11.8. The number of aromatic nitrogens is 2. The van der Waals surface area contributed by atoms with E-state index < -0.39 is 0 Å². The first-order valence-electron chi connectivity index (χ1n) is 6.44. The summed E-state index contributed by atoms with van der Waals surface area (Å²) in [5, 5.41) is 0. The lowest BCUT2D eigenvalue weighted by Crippen LogP contribution is -2.32. The molecular formula is C13H24N4O. The van der Waals surface area contributed by atoms with Gasteiger partial charge in [0.25, 0.3) is 0 Å². The summed E-state index contributed by atoms with van der Waals surface area (Å²) in [6.45, 7) is 8.83. The fourth-order valence-corrected chi connectivity index (χ4v) is 1.76. The maximum absolute atomic E-state index is 5.82. The Balaban J connectivity index is 2.91. The van der Waals surface area contributed by atoms with Gasteiger partial charge in [-0.25, -0.2) is 9.97 Å². The van der Waals surface area contributed by atoms with Crippen LogP contribution in [0.2, 0.25) is 0 Å². The quantitative estimate of drug-likeness (QED) is 0.800. The van der Waals surface area contributed by atoms with Crippen LogP contribution in [0.3, 0.4) is 0 Å². The second-order valence-corrected chi connectivity index (χ2v) is 4.75. The second-order valence-electron chi connectivity index (χ2n) is 4.75. The number of hydrogen-bond acceptors (Lipinski definition) is 5. The van der Waals surface area contributed by atoms with Crippen LogP contribution in [0.25, 0.3) is 0 Å². The number of methoxy groups -OCH3 is 1. The van der Waals surface area contributed by atoms with Crippen LogP contribution in [-0.2, 0) is 11.2 Å². The largest absolute Gasteiger partial charge is 0.384 e. The molecule has 1 rings (SSSR count). The summed E-state index contributed by atoms with van der Waals surface area (Å²) in [4.78, 5) is 10.9. The van der Waals surface area contributed by atoms with E-state index >= 15 is 0 Å². The van der Waals surface area contributed by atoms with Crippen molar-refractivity contribution in [3.63, 3.8) is 0 Å². The van der Waals surface area contributed by atoms with Crippen molar-refractivity contribution in [3.05, 3.63) is 11.9 Å². The average molecular weight is 252 g/mol. The predicted molar refractivity (Wildman–Crippen MR) is 74.7 cm³/mol. The van der Waals surface area contributed by atoms with E-state index in [2.05, 4.69) is 28.7 Å². The van der Waals surface area contributed by atoms with Crippen molar-refractivity contribution >= 4 is 11.6 Å². The summed E-state index contributed by atoms with van der Waals surface area (Å²) in [6, 6.07) is 1.83. The molecule has 0 atom stereocenters. The highest BCUT2D eigenvalue weighted by molar-refractivity contribution is 5.47. The van der Waals surface area contributed by atoms with Gasteiger partial charge in [0.1, 0.15) is 17.5 Å². The molecule has 5 heteroatoms. The van der Waals surface area contributed by atoms with Crippen molar-refractivity contribution in [1.82, 2.24) is 9.97 Å². The van der Waals surface area contributed by atoms with Gasteiger partial charge in [-0.05, 0) is 5.92 Å². The zero-order chi connectivity index (χ0) is 13.5. The second kappa shape index (κ2) is 7.16. The van der Waals surface area contributed by atoms with Crippen LogP contribution in [0.4, 0.5) is 11.6 Å². The minimum Gasteiger partial charge on any atom is -0.384 e. The van der Waals surface area contributed by atoms with Crippen LogP contribution in [0, 0.1) is 5.92 Å². The fraction of sp³-hybridized carbons (Fsp3) is 0.692. The molecule has 0 aliphatic heterocycles. The van der Waals surface area contributed by atoms with Gasteiger partial charge in [-0.2, -0.15) is 0 Å². The van der Waals surface area contributed by atoms with Gasteiger partial charge in [-0.3, -0.25) is 0 Å². The molecule has 1 aromatic rings. The van der Waals surface area contributed by atoms with E-state index in [0.717, 1.165) is 31.2 Å². The van der Waals surface area contributed by atoms with Crippen molar-refractivity contribution in [1.29, 1.82) is 0 Å². The first kappa shape index (κ1) is 14.7. The van der Waals surface area contributed by atoms with Gasteiger partial charge in [0.05, 0.1) is 6.61 Å². The molecule has 0 aliphatic carbocycles. The number of nitrogen functional groups attached to an aromatic ring is 1. The summed E-state index contributed by atoms with van der Waals surface area (Å²) in [6.07, 6.45) is 0.790. The Hall–Kier alpha value is -1.36. The maximum atomic E-state index is 5.82. The van der Waals surface area contributed by atoms with Gasteiger partial charge in [-0.15, -0.1) is 0 Å². The number of nitrogens with two attached hydrogens (primary N) is 1. The smallest absolute Gasteiger partial charge is 0.134 e. The third-order valence-electron chi connectivity index (χ3n) is 2.57. The van der Waals surface area contributed by atoms with Gasteiger partial charge < -0.3 is 15.4 Å². The lowest BCUT2D eigenvalue weighted by Gasteiger charge is -2.25. The average Bonchev–Trinajstić information content (AvgIpc) is 2.33. The standard InChI is InChI=1S/C13H24N4O/c1-5-12-15-11(14)8-13(16-12)17(6-7-18-4)9-10(2)3/h8,10H,5-7,9H2,1-4H3,(H2,14,15,16). The molecule has 0 unspecified atom stereocenters. The van der Waals surface area contributed by atoms with Gasteiger partial charge >= 0.3 is 0 Å². The summed E-state index contributed by atoms with van der Waals surface area (Å²) in [5.41, 5.74) is 5.82. The Morgan fingerprint density at radius 3 is 2.67 bits per heavy atom. The lowest BCUT2D eigenvalue weighted by molar-refractivity contribution is 0.204. The Morgan fingerprint density at radius 2 is 2.11 bits per heavy atom. The zero-order valence-corrected chi connectivity index (χ0v) is 11.8. The number of nitrogens with zero attached hydrogens (tertiary/aromatic N) is 3. The molecule has 0 aromatic carbocycles. The molecular weight excluding hydrogens is 228 g/mol. The molecule has 18 heavy (non-hydrogen) atoms. The van der Waals surface area contributed by atoms with Crippen molar-refractivity contribution in [2.75, 3.05) is 37.4 Å². The van der Waals surface area contributed by atoms with Gasteiger partial charge in [0, 0.05) is 32.7 Å². The van der Waals surface area contributed by atoms with E-state index in [4.69, 9.17) is 10.5 Å². The van der Waals surface area contributed by atoms with Crippen LogP contribution in [0.5, 0.6) is 0 Å². The van der Waals surface area contributed by atoms with Crippen LogP contribution < -0.4 is 10.6 Å². The normalized spacial score (nSPS) is 10.9. The fourth-order valence-electron chi connectivity index (χ4n) is 1.76. The maximum Gasteiger partial charge on any atom is 0.134 e. The molecule has 0 saturated carbocycles. The van der Waals surface area contributed by atoms with Crippen LogP contribution >= 0.6 is 0 Å². The number of aryl methyl sites for hydroxylation is 1. The van der Waals surface area contributed by atoms with Crippen molar-refractivity contribution < 1.29 is 4.74 Å². The van der Waals surface area contributed by atoms with Gasteiger partial charge in [0.2, 0.25) is 0 Å². The molecule has 102 valence electrons. The number of anilines is 2. The van der Waals surface area contributed by atoms with E-state index in [9.17, 15) is 0 Å². The van der Waals surface area contributed by atoms with Crippen LogP contribution in [0.1, 0.15) is 26.6 Å². The molecule has 0 amide bonds. The summed E-state index contributed by atoms with van der Waals surface area (Å²) in [5.74, 6) is 2.77. The van der Waals surface area contributed by atoms with Crippen LogP contribution in [-0.4, -0.2) is 36.8 Å². The van der Waals surface area contributed by atoms with E-state index in [-0.39, 0.29) is 0 Å². The van der Waals surface area contributed by atoms with Crippen molar-refractivity contribution in [2.24, 2.45) is 5.92 Å². The number of hydrogen-bond donors (Lipinski definition) is 1. The minimum absolute atomic E-state index is 0.531. The first-order chi connectivity index (χ1) is 8.56.